The van der Waals surface area contributed by atoms with Gasteiger partial charge >= 0.3 is 0 Å². The lowest BCUT2D eigenvalue weighted by molar-refractivity contribution is 0.629. The van der Waals surface area contributed by atoms with Crippen LogP contribution in [-0.4, -0.2) is 10.2 Å². The highest BCUT2D eigenvalue weighted by atomic mass is 15.1. The van der Waals surface area contributed by atoms with Crippen molar-refractivity contribution >= 4 is 5.57 Å². The van der Waals surface area contributed by atoms with Crippen LogP contribution in [0.2, 0.25) is 0 Å². The lowest BCUT2D eigenvalue weighted by atomic mass is 9.89. The van der Waals surface area contributed by atoms with E-state index < -0.39 is 0 Å². The number of hydrogen-bond acceptors (Lipinski definition) is 1. The van der Waals surface area contributed by atoms with Gasteiger partial charge in [0.15, 0.2) is 0 Å². The molecule has 2 heteroatoms. The van der Waals surface area contributed by atoms with E-state index in [1.807, 2.05) is 12.3 Å². The number of aromatic nitrogens is 2. The largest absolute Gasteiger partial charge is 0.282 e. The number of nitrogens with zero attached hydrogens (tertiary/aromatic N) is 1. The normalized spacial score (nSPS) is 12.9. The van der Waals surface area contributed by atoms with Crippen molar-refractivity contribution in [3.05, 3.63) is 36.2 Å². The van der Waals surface area contributed by atoms with E-state index in [4.69, 9.17) is 0 Å². The minimum atomic E-state index is 0.0341. The summed E-state index contributed by atoms with van der Waals surface area (Å²) in [6.07, 6.45) is 7.06. The Balaban J connectivity index is 3.03. The van der Waals surface area contributed by atoms with Gasteiger partial charge in [0.2, 0.25) is 0 Å². The topological polar surface area (TPSA) is 28.7 Å². The average Bonchev–Trinajstić information content (AvgIpc) is 2.64. The summed E-state index contributed by atoms with van der Waals surface area (Å²) >= 11 is 0. The molecule has 0 aliphatic heterocycles. The number of hydrogen-bond donors (Lipinski definition) is 1. The molecule has 0 saturated heterocycles. The summed E-state index contributed by atoms with van der Waals surface area (Å²) < 4.78 is 0. The van der Waals surface area contributed by atoms with E-state index in [2.05, 4.69) is 50.5 Å². The fraction of sp³-hybridized carbons (Fsp3) is 0.462. The van der Waals surface area contributed by atoms with E-state index in [1.54, 1.807) is 0 Å². The third-order valence-electron chi connectivity index (χ3n) is 2.61. The number of nitrogens with one attached hydrogen (secondary N) is 1. The van der Waals surface area contributed by atoms with Crippen molar-refractivity contribution in [1.29, 1.82) is 0 Å². The predicted octanol–water partition coefficient (Wildman–Crippen LogP) is 3.59. The molecule has 0 atom stereocenters. The first-order valence-electron chi connectivity index (χ1n) is 5.36. The summed E-state index contributed by atoms with van der Waals surface area (Å²) in [5, 5.41) is 7.10. The van der Waals surface area contributed by atoms with Crippen molar-refractivity contribution in [3.8, 4) is 0 Å². The summed E-state index contributed by atoms with van der Waals surface area (Å²) in [5.74, 6) is 0. The molecule has 15 heavy (non-hydrogen) atoms. The minimum Gasteiger partial charge on any atom is -0.282 e. The fourth-order valence-corrected chi connectivity index (χ4v) is 1.62. The van der Waals surface area contributed by atoms with Gasteiger partial charge in [-0.15, -0.1) is 6.58 Å². The number of rotatable bonds is 4. The van der Waals surface area contributed by atoms with Crippen molar-refractivity contribution in [2.24, 2.45) is 5.41 Å². The molecule has 0 fully saturated rings. The third kappa shape index (κ3) is 2.82. The molecule has 0 radical (unpaired) electrons. The van der Waals surface area contributed by atoms with Crippen molar-refractivity contribution in [3.63, 3.8) is 0 Å². The Morgan fingerprint density at radius 1 is 1.60 bits per heavy atom. The molecule has 1 aromatic heterocycles. The number of aryl methyl sites for hydroxylation is 1. The average molecular weight is 204 g/mol. The minimum absolute atomic E-state index is 0.0341. The monoisotopic (exact) mass is 204 g/mol. The molecule has 0 bridgehead atoms. The molecule has 0 unspecified atom stereocenters. The Morgan fingerprint density at radius 3 is 2.80 bits per heavy atom. The van der Waals surface area contributed by atoms with E-state index in [0.29, 0.717) is 0 Å². The molecule has 0 spiro atoms. The van der Waals surface area contributed by atoms with Crippen LogP contribution in [0.5, 0.6) is 0 Å². The van der Waals surface area contributed by atoms with Crippen LogP contribution in [0.3, 0.4) is 0 Å². The van der Waals surface area contributed by atoms with Gasteiger partial charge in [-0.1, -0.05) is 32.9 Å². The van der Waals surface area contributed by atoms with Crippen LogP contribution in [0, 0.1) is 5.41 Å². The van der Waals surface area contributed by atoms with Crippen LogP contribution in [0.25, 0.3) is 5.57 Å². The second kappa shape index (κ2) is 4.47. The summed E-state index contributed by atoms with van der Waals surface area (Å²) in [6.45, 7) is 12.4. The van der Waals surface area contributed by atoms with Crippen LogP contribution >= 0.6 is 0 Å². The van der Waals surface area contributed by atoms with E-state index in [0.717, 1.165) is 6.42 Å². The Kier molecular flexibility index (Phi) is 3.51. The summed E-state index contributed by atoms with van der Waals surface area (Å²) in [6, 6.07) is 0. The van der Waals surface area contributed by atoms with E-state index >= 15 is 0 Å². The van der Waals surface area contributed by atoms with Gasteiger partial charge in [0.25, 0.3) is 0 Å². The number of allylic oxidation sites excluding steroid dienone is 3. The zero-order valence-corrected chi connectivity index (χ0v) is 10.1. The fourth-order valence-electron chi connectivity index (χ4n) is 1.62. The van der Waals surface area contributed by atoms with Crippen LogP contribution in [0.15, 0.2) is 24.9 Å². The second-order valence-corrected chi connectivity index (χ2v) is 4.47. The van der Waals surface area contributed by atoms with Crippen LogP contribution in [0.4, 0.5) is 0 Å². The van der Waals surface area contributed by atoms with Gasteiger partial charge in [-0.05, 0) is 18.9 Å². The highest BCUT2D eigenvalue weighted by molar-refractivity contribution is 5.65. The molecular weight excluding hydrogens is 184 g/mol. The smallest absolute Gasteiger partial charge is 0.0565 e. The van der Waals surface area contributed by atoms with Gasteiger partial charge in [0, 0.05) is 16.7 Å². The van der Waals surface area contributed by atoms with E-state index in [1.165, 1.54) is 16.8 Å². The summed E-state index contributed by atoms with van der Waals surface area (Å²) in [7, 11) is 0. The van der Waals surface area contributed by atoms with Gasteiger partial charge in [-0.3, -0.25) is 5.10 Å². The maximum absolute atomic E-state index is 4.08. The summed E-state index contributed by atoms with van der Waals surface area (Å²) in [5.41, 5.74) is 3.70. The zero-order chi connectivity index (χ0) is 11.5. The van der Waals surface area contributed by atoms with Crippen LogP contribution in [0.1, 0.15) is 39.0 Å². The lowest BCUT2D eigenvalue weighted by Crippen LogP contribution is -2.02. The molecule has 2 nitrogen and oxygen atoms in total. The molecule has 0 amide bonds. The molecule has 1 aromatic rings. The first kappa shape index (κ1) is 11.8. The van der Waals surface area contributed by atoms with E-state index in [9.17, 15) is 0 Å². The Bertz CT molecular complexity index is 370. The zero-order valence-electron chi connectivity index (χ0n) is 10.1. The number of H-pyrrole nitrogens is 1. The standard InChI is InChI=1S/C13H20N2/c1-6-12-11(9-14-15-12)10(3)8-13(4,5)7-2/h7-9H,2,6H2,1,3-5H3,(H,14,15)/b10-8+. The maximum atomic E-state index is 4.08. The van der Waals surface area contributed by atoms with Crippen molar-refractivity contribution in [2.45, 2.75) is 34.1 Å². The van der Waals surface area contributed by atoms with E-state index in [-0.39, 0.29) is 5.41 Å². The third-order valence-corrected chi connectivity index (χ3v) is 2.61. The molecule has 1 rings (SSSR count). The molecule has 82 valence electrons. The molecule has 0 saturated carbocycles. The van der Waals surface area contributed by atoms with Crippen molar-refractivity contribution < 1.29 is 0 Å². The Hall–Kier alpha value is -1.31. The highest BCUT2D eigenvalue weighted by Crippen LogP contribution is 2.26. The predicted molar refractivity (Wildman–Crippen MR) is 65.6 cm³/mol. The first-order chi connectivity index (χ1) is 7.00. The molecule has 1 N–H and O–H groups in total. The maximum Gasteiger partial charge on any atom is 0.0565 e. The molecule has 0 aliphatic carbocycles. The molecule has 0 aliphatic rings. The van der Waals surface area contributed by atoms with Crippen LogP contribution < -0.4 is 0 Å². The number of aromatic amines is 1. The SMILES string of the molecule is C=CC(C)(C)/C=C(\C)c1cn[nH]c1CC. The quantitative estimate of drug-likeness (QED) is 0.746. The van der Waals surface area contributed by atoms with Crippen LogP contribution in [-0.2, 0) is 6.42 Å². The van der Waals surface area contributed by atoms with Gasteiger partial charge in [-0.2, -0.15) is 5.10 Å². The Morgan fingerprint density at radius 2 is 2.27 bits per heavy atom. The van der Waals surface area contributed by atoms with Gasteiger partial charge in [0.05, 0.1) is 6.20 Å². The molecule has 0 aromatic carbocycles. The summed E-state index contributed by atoms with van der Waals surface area (Å²) in [4.78, 5) is 0. The van der Waals surface area contributed by atoms with Gasteiger partial charge in [0.1, 0.15) is 0 Å². The second-order valence-electron chi connectivity index (χ2n) is 4.47. The first-order valence-corrected chi connectivity index (χ1v) is 5.36. The highest BCUT2D eigenvalue weighted by Gasteiger charge is 2.12. The molecular formula is C13H20N2. The van der Waals surface area contributed by atoms with Gasteiger partial charge < -0.3 is 0 Å². The molecule has 1 heterocycles. The Labute approximate surface area is 92.1 Å². The lowest BCUT2D eigenvalue weighted by Gasteiger charge is -2.15. The van der Waals surface area contributed by atoms with Crippen molar-refractivity contribution in [2.75, 3.05) is 0 Å². The van der Waals surface area contributed by atoms with Crippen molar-refractivity contribution in [1.82, 2.24) is 10.2 Å². The van der Waals surface area contributed by atoms with Gasteiger partial charge in [-0.25, -0.2) is 0 Å².